The summed E-state index contributed by atoms with van der Waals surface area (Å²) in [6.07, 6.45) is 3.85. The molecular weight excluding hydrogens is 468 g/mol. The molecule has 2 aromatic carbocycles. The molecule has 0 aliphatic carbocycles. The normalized spacial score (nSPS) is 13.5. The number of nitrogens with one attached hydrogen (secondary N) is 3. The van der Waals surface area contributed by atoms with Crippen molar-refractivity contribution in [1.29, 1.82) is 0 Å². The van der Waals surface area contributed by atoms with Gasteiger partial charge in [0.15, 0.2) is 23.1 Å². The van der Waals surface area contributed by atoms with Crippen LogP contribution in [0.4, 0.5) is 25.1 Å². The van der Waals surface area contributed by atoms with Gasteiger partial charge in [0.1, 0.15) is 0 Å². The summed E-state index contributed by atoms with van der Waals surface area (Å²) in [4.78, 5) is 34.3. The number of urea groups is 1. The molecule has 0 bridgehead atoms. The Balaban J connectivity index is 1.49. The van der Waals surface area contributed by atoms with E-state index >= 15 is 0 Å². The van der Waals surface area contributed by atoms with E-state index < -0.39 is 11.6 Å². The highest BCUT2D eigenvalue weighted by atomic mass is 19.2. The van der Waals surface area contributed by atoms with Crippen LogP contribution in [0.3, 0.4) is 0 Å². The molecule has 186 valence electrons. The number of imidazole rings is 1. The lowest BCUT2D eigenvalue weighted by Crippen LogP contribution is -2.27. The standard InChI is InChI=1S/C25H25F2N7O2/c1-28-25(36)31-16-7-5-15(6-8-16)21-14-30-24-23(29-9-3-11-33-10-2-4-22(33)35)32-19-12-17(26)18(27)13-20(19)34(21)24/h5-8,12-14H,2-4,9-11H2,1H3,(H,29,32)(H2,28,31,36). The molecule has 0 radical (unpaired) electrons. The van der Waals surface area contributed by atoms with Crippen LogP contribution < -0.4 is 16.0 Å². The third-order valence-electron chi connectivity index (χ3n) is 6.20. The van der Waals surface area contributed by atoms with Crippen LogP contribution in [0.25, 0.3) is 27.9 Å². The molecular formula is C25H25F2N7O2. The minimum Gasteiger partial charge on any atom is -0.367 e. The smallest absolute Gasteiger partial charge is 0.318 e. The lowest BCUT2D eigenvalue weighted by molar-refractivity contribution is -0.127. The minimum atomic E-state index is -0.987. The largest absolute Gasteiger partial charge is 0.367 e. The van der Waals surface area contributed by atoms with Crippen LogP contribution in [0.5, 0.6) is 0 Å². The molecule has 1 fully saturated rings. The van der Waals surface area contributed by atoms with Gasteiger partial charge in [0.2, 0.25) is 5.91 Å². The highest BCUT2D eigenvalue weighted by Gasteiger charge is 2.20. The molecule has 1 aliphatic rings. The molecule has 1 aliphatic heterocycles. The third kappa shape index (κ3) is 4.51. The van der Waals surface area contributed by atoms with Gasteiger partial charge in [-0.15, -0.1) is 0 Å². The van der Waals surface area contributed by atoms with Crippen molar-refractivity contribution in [2.45, 2.75) is 19.3 Å². The van der Waals surface area contributed by atoms with Gasteiger partial charge in [-0.25, -0.2) is 23.5 Å². The molecule has 0 spiro atoms. The van der Waals surface area contributed by atoms with E-state index in [1.54, 1.807) is 34.9 Å². The maximum Gasteiger partial charge on any atom is 0.318 e. The van der Waals surface area contributed by atoms with Crippen molar-refractivity contribution in [1.82, 2.24) is 24.6 Å². The summed E-state index contributed by atoms with van der Waals surface area (Å²) in [6, 6.07) is 8.94. The molecule has 0 unspecified atom stereocenters. The first-order valence-electron chi connectivity index (χ1n) is 11.7. The topological polar surface area (TPSA) is 104 Å². The number of likely N-dealkylation sites (tertiary alicyclic amines) is 1. The zero-order valence-corrected chi connectivity index (χ0v) is 19.6. The number of aromatic nitrogens is 3. The number of amides is 3. The molecule has 0 atom stereocenters. The van der Waals surface area contributed by atoms with E-state index in [4.69, 9.17) is 0 Å². The number of hydrogen-bond donors (Lipinski definition) is 3. The summed E-state index contributed by atoms with van der Waals surface area (Å²) in [5, 5.41) is 8.44. The first-order chi connectivity index (χ1) is 17.4. The van der Waals surface area contributed by atoms with E-state index in [2.05, 4.69) is 25.9 Å². The maximum absolute atomic E-state index is 14.2. The molecule has 2 aromatic heterocycles. The number of benzene rings is 2. The fourth-order valence-electron chi connectivity index (χ4n) is 4.38. The Bertz CT molecular complexity index is 1450. The SMILES string of the molecule is CNC(=O)Nc1ccc(-c2cnc3c(NCCCN4CCCC4=O)nc4cc(F)c(F)cc4n23)cc1. The van der Waals surface area contributed by atoms with Crippen LogP contribution in [0.15, 0.2) is 42.6 Å². The summed E-state index contributed by atoms with van der Waals surface area (Å²) in [7, 11) is 1.53. The zero-order chi connectivity index (χ0) is 25.2. The van der Waals surface area contributed by atoms with Gasteiger partial charge >= 0.3 is 6.03 Å². The van der Waals surface area contributed by atoms with Crippen LogP contribution in [-0.4, -0.2) is 57.9 Å². The highest BCUT2D eigenvalue weighted by Crippen LogP contribution is 2.30. The second-order valence-corrected chi connectivity index (χ2v) is 8.56. The van der Waals surface area contributed by atoms with Crippen LogP contribution in [-0.2, 0) is 4.79 Å². The van der Waals surface area contributed by atoms with Gasteiger partial charge in [0.05, 0.1) is 22.9 Å². The van der Waals surface area contributed by atoms with Gasteiger partial charge in [-0.1, -0.05) is 12.1 Å². The van der Waals surface area contributed by atoms with Gasteiger partial charge in [-0.3, -0.25) is 9.20 Å². The van der Waals surface area contributed by atoms with Crippen molar-refractivity contribution in [2.75, 3.05) is 37.3 Å². The predicted molar refractivity (Wildman–Crippen MR) is 133 cm³/mol. The Morgan fingerprint density at radius 2 is 1.92 bits per heavy atom. The molecule has 4 aromatic rings. The minimum absolute atomic E-state index is 0.174. The van der Waals surface area contributed by atoms with Crippen LogP contribution in [0, 0.1) is 11.6 Å². The van der Waals surface area contributed by atoms with Crippen molar-refractivity contribution < 1.29 is 18.4 Å². The van der Waals surface area contributed by atoms with Gasteiger partial charge in [0, 0.05) is 56.5 Å². The quantitative estimate of drug-likeness (QED) is 0.338. The number of nitrogens with zero attached hydrogens (tertiary/aromatic N) is 4. The fourth-order valence-corrected chi connectivity index (χ4v) is 4.38. The number of carbonyl (C=O) groups excluding carboxylic acids is 2. The Morgan fingerprint density at radius 3 is 2.64 bits per heavy atom. The average molecular weight is 494 g/mol. The van der Waals surface area contributed by atoms with E-state index in [0.717, 1.165) is 30.7 Å². The van der Waals surface area contributed by atoms with Crippen LogP contribution in [0.1, 0.15) is 19.3 Å². The summed E-state index contributed by atoms with van der Waals surface area (Å²) in [5.74, 6) is -1.36. The number of rotatable bonds is 7. The van der Waals surface area contributed by atoms with E-state index in [-0.39, 0.29) is 17.5 Å². The monoisotopic (exact) mass is 493 g/mol. The van der Waals surface area contributed by atoms with Crippen LogP contribution in [0.2, 0.25) is 0 Å². The number of hydrogen-bond acceptors (Lipinski definition) is 5. The number of anilines is 2. The van der Waals surface area contributed by atoms with E-state index in [1.165, 1.54) is 7.05 Å². The van der Waals surface area contributed by atoms with Gasteiger partial charge in [-0.05, 0) is 25.0 Å². The lowest BCUT2D eigenvalue weighted by atomic mass is 10.1. The molecule has 0 saturated carbocycles. The fraction of sp³-hybridized carbons (Fsp3) is 0.280. The van der Waals surface area contributed by atoms with Gasteiger partial charge in [-0.2, -0.15) is 0 Å². The number of halogens is 2. The highest BCUT2D eigenvalue weighted by molar-refractivity contribution is 5.90. The lowest BCUT2D eigenvalue weighted by Gasteiger charge is -2.16. The Kier molecular flexibility index (Phi) is 6.36. The van der Waals surface area contributed by atoms with Crippen molar-refractivity contribution in [3.63, 3.8) is 0 Å². The molecule has 5 rings (SSSR count). The van der Waals surface area contributed by atoms with E-state index in [0.29, 0.717) is 54.3 Å². The van der Waals surface area contributed by atoms with Crippen molar-refractivity contribution in [3.8, 4) is 11.3 Å². The van der Waals surface area contributed by atoms with Gasteiger partial charge in [0.25, 0.3) is 0 Å². The first kappa shape index (κ1) is 23.5. The molecule has 36 heavy (non-hydrogen) atoms. The molecule has 1 saturated heterocycles. The zero-order valence-electron chi connectivity index (χ0n) is 19.6. The summed E-state index contributed by atoms with van der Waals surface area (Å²) >= 11 is 0. The summed E-state index contributed by atoms with van der Waals surface area (Å²) in [5.41, 5.74) is 3.13. The van der Waals surface area contributed by atoms with E-state index in [9.17, 15) is 18.4 Å². The Hall–Kier alpha value is -4.28. The predicted octanol–water partition coefficient (Wildman–Crippen LogP) is 4.00. The van der Waals surface area contributed by atoms with Gasteiger partial charge < -0.3 is 20.9 Å². The number of carbonyl (C=O) groups is 2. The third-order valence-corrected chi connectivity index (χ3v) is 6.20. The Morgan fingerprint density at radius 1 is 1.14 bits per heavy atom. The van der Waals surface area contributed by atoms with Crippen molar-refractivity contribution >= 4 is 40.1 Å². The first-order valence-corrected chi connectivity index (χ1v) is 11.7. The molecule has 3 amide bonds. The maximum atomic E-state index is 14.2. The van der Waals surface area contributed by atoms with Crippen molar-refractivity contribution in [2.24, 2.45) is 0 Å². The van der Waals surface area contributed by atoms with E-state index in [1.807, 2.05) is 4.90 Å². The Labute approximate surface area is 205 Å². The van der Waals surface area contributed by atoms with Crippen molar-refractivity contribution in [3.05, 3.63) is 54.2 Å². The average Bonchev–Trinajstić information content (AvgIpc) is 3.50. The molecule has 3 N–H and O–H groups in total. The molecule has 11 heteroatoms. The molecule has 3 heterocycles. The van der Waals surface area contributed by atoms with Crippen LogP contribution >= 0.6 is 0 Å². The second kappa shape index (κ2) is 9.76. The number of fused-ring (bicyclic) bond motifs is 3. The summed E-state index contributed by atoms with van der Waals surface area (Å²) in [6.45, 7) is 1.96. The molecule has 9 nitrogen and oxygen atoms in total. The second-order valence-electron chi connectivity index (χ2n) is 8.56. The summed E-state index contributed by atoms with van der Waals surface area (Å²) < 4.78 is 30.0.